The monoisotopic (exact) mass is 739 g/mol. The van der Waals surface area contributed by atoms with Gasteiger partial charge in [0, 0.05) is 44.4 Å². The van der Waals surface area contributed by atoms with Crippen LogP contribution in [0.25, 0.3) is 65.4 Å². The lowest BCUT2D eigenvalue weighted by Gasteiger charge is -2.45. The fraction of sp³-hybridized carbons (Fsp3) is 0.0182. The van der Waals surface area contributed by atoms with Crippen LogP contribution >= 0.6 is 0 Å². The highest BCUT2D eigenvalue weighted by Crippen LogP contribution is 2.62. The van der Waals surface area contributed by atoms with E-state index in [0.717, 1.165) is 61.6 Å². The first-order valence-electron chi connectivity index (χ1n) is 19.9. The smallest absolute Gasteiger partial charge is 0.137 e. The van der Waals surface area contributed by atoms with Crippen LogP contribution in [0.5, 0.6) is 11.5 Å². The molecule has 3 heteroatoms. The molecule has 1 spiro atoms. The summed E-state index contributed by atoms with van der Waals surface area (Å²) >= 11 is 0. The molecule has 1 aliphatic carbocycles. The molecule has 0 N–H and O–H groups in total. The lowest BCUT2D eigenvalue weighted by atomic mass is 9.58. The number of para-hydroxylation sites is 2. The van der Waals surface area contributed by atoms with E-state index >= 15 is 0 Å². The number of furan rings is 1. The fourth-order valence-corrected chi connectivity index (χ4v) is 10.3. The van der Waals surface area contributed by atoms with Crippen molar-refractivity contribution in [3.63, 3.8) is 0 Å². The Morgan fingerprint density at radius 3 is 1.79 bits per heavy atom. The van der Waals surface area contributed by atoms with Crippen LogP contribution in [-0.4, -0.2) is 0 Å². The van der Waals surface area contributed by atoms with Crippen molar-refractivity contribution in [2.24, 2.45) is 0 Å². The fourth-order valence-electron chi connectivity index (χ4n) is 10.3. The van der Waals surface area contributed by atoms with Crippen LogP contribution in [-0.2, 0) is 5.41 Å². The molecular weight excluding hydrogens is 707 g/mol. The Bertz CT molecular complexity index is 3470. The van der Waals surface area contributed by atoms with E-state index in [-0.39, 0.29) is 0 Å². The summed E-state index contributed by atoms with van der Waals surface area (Å²) in [4.78, 5) is 2.44. The van der Waals surface area contributed by atoms with Crippen LogP contribution in [0, 0.1) is 0 Å². The number of ether oxygens (including phenoxy) is 1. The molecule has 1 aliphatic heterocycles. The van der Waals surface area contributed by atoms with Crippen LogP contribution in [0.1, 0.15) is 22.3 Å². The number of anilines is 3. The van der Waals surface area contributed by atoms with Crippen molar-refractivity contribution in [3.05, 3.63) is 222 Å². The number of hydrogen-bond donors (Lipinski definition) is 0. The Balaban J connectivity index is 1.13. The van der Waals surface area contributed by atoms with Crippen LogP contribution in [0.15, 0.2) is 205 Å². The molecular formula is C55H33NO2. The van der Waals surface area contributed by atoms with Crippen LogP contribution in [0.3, 0.4) is 0 Å². The lowest BCUT2D eigenvalue weighted by Crippen LogP contribution is -2.36. The number of nitrogens with zero attached hydrogens (tertiary/aromatic N) is 1. The van der Waals surface area contributed by atoms with E-state index in [1.54, 1.807) is 0 Å². The molecule has 3 nitrogen and oxygen atoms in total. The summed E-state index contributed by atoms with van der Waals surface area (Å²) in [6.07, 6.45) is 0. The molecule has 0 fully saturated rings. The van der Waals surface area contributed by atoms with Gasteiger partial charge in [0.05, 0.1) is 16.8 Å². The van der Waals surface area contributed by atoms with Gasteiger partial charge in [-0.1, -0.05) is 146 Å². The summed E-state index contributed by atoms with van der Waals surface area (Å²) in [7, 11) is 0. The van der Waals surface area contributed by atoms with E-state index in [4.69, 9.17) is 9.15 Å². The van der Waals surface area contributed by atoms with Gasteiger partial charge < -0.3 is 14.1 Å². The second kappa shape index (κ2) is 11.7. The minimum absolute atomic E-state index is 0.603. The third-order valence-corrected chi connectivity index (χ3v) is 12.7. The number of fused-ring (bicyclic) bond motifs is 13. The van der Waals surface area contributed by atoms with Crippen molar-refractivity contribution >= 4 is 71.3 Å². The molecule has 2 aliphatic rings. The SMILES string of the molecule is c1ccc2c(c1)Oc1ccccc1C21c2ccccc2-c2ccc(N(c3ccc4c(c3)oc3cc5ccccc5cc34)c3cccc4ccccc34)c3cccc1c23. The van der Waals surface area contributed by atoms with E-state index in [2.05, 4.69) is 205 Å². The molecule has 13 rings (SSSR count). The molecule has 0 saturated carbocycles. The van der Waals surface area contributed by atoms with Gasteiger partial charge >= 0.3 is 0 Å². The standard InChI is InChI=1S/C55H33NO2/c1-2-15-36-32-52-43(31-35(36)14-1)40-28-27-37(33-53(40)58-52)56(48-24-11-16-34-13-3-4-17-38(34)48)49-30-29-41-39-18-5-6-20-44(39)55(47-23-12-19-42(49)54(41)47)45-21-7-9-25-50(45)57-51-26-10-8-22-46(51)55/h1-33H. The first-order valence-corrected chi connectivity index (χ1v) is 19.9. The second-order valence-electron chi connectivity index (χ2n) is 15.6. The van der Waals surface area contributed by atoms with Gasteiger partial charge in [-0.25, -0.2) is 0 Å². The van der Waals surface area contributed by atoms with Gasteiger partial charge in [0.25, 0.3) is 0 Å². The number of rotatable bonds is 3. The lowest BCUT2D eigenvalue weighted by molar-refractivity contribution is 0.435. The van der Waals surface area contributed by atoms with E-state index in [0.29, 0.717) is 0 Å². The Kier molecular flexibility index (Phi) is 6.37. The van der Waals surface area contributed by atoms with Gasteiger partial charge in [-0.05, 0) is 92.3 Å². The maximum Gasteiger partial charge on any atom is 0.137 e. The van der Waals surface area contributed by atoms with Crippen molar-refractivity contribution in [3.8, 4) is 22.6 Å². The van der Waals surface area contributed by atoms with Crippen molar-refractivity contribution in [1.82, 2.24) is 0 Å². The van der Waals surface area contributed by atoms with Crippen molar-refractivity contribution in [2.45, 2.75) is 5.41 Å². The van der Waals surface area contributed by atoms with E-state index in [9.17, 15) is 0 Å². The molecule has 1 aromatic heterocycles. The average molecular weight is 740 g/mol. The second-order valence-corrected chi connectivity index (χ2v) is 15.6. The summed E-state index contributed by atoms with van der Waals surface area (Å²) in [6.45, 7) is 0. The van der Waals surface area contributed by atoms with Crippen LogP contribution in [0.2, 0.25) is 0 Å². The zero-order valence-corrected chi connectivity index (χ0v) is 31.3. The third-order valence-electron chi connectivity index (χ3n) is 12.7. The first-order chi connectivity index (χ1) is 28.8. The van der Waals surface area contributed by atoms with E-state index in [1.807, 2.05) is 0 Å². The Labute approximate surface area is 334 Å². The summed E-state index contributed by atoms with van der Waals surface area (Å²) in [6, 6.07) is 72.6. The third kappa shape index (κ3) is 4.17. The Morgan fingerprint density at radius 1 is 0.362 bits per heavy atom. The van der Waals surface area contributed by atoms with Gasteiger partial charge in [0.1, 0.15) is 22.7 Å². The van der Waals surface area contributed by atoms with Crippen LogP contribution < -0.4 is 9.64 Å². The molecule has 270 valence electrons. The summed E-state index contributed by atoms with van der Waals surface area (Å²) in [5.41, 5.74) is 11.7. The highest BCUT2D eigenvalue weighted by molar-refractivity contribution is 6.15. The quantitative estimate of drug-likeness (QED) is 0.180. The first kappa shape index (κ1) is 31.6. The topological polar surface area (TPSA) is 25.6 Å². The maximum absolute atomic E-state index is 6.71. The molecule has 0 radical (unpaired) electrons. The summed E-state index contributed by atoms with van der Waals surface area (Å²) in [5, 5.41) is 9.39. The highest BCUT2D eigenvalue weighted by Gasteiger charge is 2.49. The van der Waals surface area contributed by atoms with Crippen LogP contribution in [0.4, 0.5) is 17.1 Å². The molecule has 2 heterocycles. The molecule has 58 heavy (non-hydrogen) atoms. The molecule has 0 atom stereocenters. The van der Waals surface area contributed by atoms with E-state index in [1.165, 1.54) is 54.6 Å². The molecule has 0 bridgehead atoms. The summed E-state index contributed by atoms with van der Waals surface area (Å²) < 4.78 is 13.4. The largest absolute Gasteiger partial charge is 0.457 e. The van der Waals surface area contributed by atoms with Gasteiger partial charge in [-0.2, -0.15) is 0 Å². The van der Waals surface area contributed by atoms with Gasteiger partial charge in [-0.3, -0.25) is 0 Å². The summed E-state index contributed by atoms with van der Waals surface area (Å²) in [5.74, 6) is 1.77. The minimum Gasteiger partial charge on any atom is -0.457 e. The number of benzene rings is 10. The molecule has 11 aromatic rings. The maximum atomic E-state index is 6.71. The Hall–Kier alpha value is -7.62. The average Bonchev–Trinajstić information content (AvgIpc) is 3.64. The molecule has 0 unspecified atom stereocenters. The normalized spacial score (nSPS) is 13.4. The molecule has 0 amide bonds. The predicted molar refractivity (Wildman–Crippen MR) is 238 cm³/mol. The number of hydrogen-bond acceptors (Lipinski definition) is 3. The van der Waals surface area contributed by atoms with Crippen molar-refractivity contribution in [2.75, 3.05) is 4.90 Å². The van der Waals surface area contributed by atoms with E-state index < -0.39 is 5.41 Å². The van der Waals surface area contributed by atoms with Gasteiger partial charge in [-0.15, -0.1) is 0 Å². The minimum atomic E-state index is -0.603. The molecule has 0 saturated heterocycles. The van der Waals surface area contributed by atoms with Crippen molar-refractivity contribution in [1.29, 1.82) is 0 Å². The Morgan fingerprint density at radius 2 is 0.966 bits per heavy atom. The van der Waals surface area contributed by atoms with Gasteiger partial charge in [0.15, 0.2) is 0 Å². The zero-order valence-electron chi connectivity index (χ0n) is 31.3. The van der Waals surface area contributed by atoms with Crippen molar-refractivity contribution < 1.29 is 9.15 Å². The predicted octanol–water partition coefficient (Wildman–Crippen LogP) is 15.0. The highest BCUT2D eigenvalue weighted by atomic mass is 16.5. The van der Waals surface area contributed by atoms with Gasteiger partial charge in [0.2, 0.25) is 0 Å². The zero-order chi connectivity index (χ0) is 38.0. The molecule has 10 aromatic carbocycles.